The largest absolute Gasteiger partial charge is 0.488 e. The molecule has 7 heteroatoms. The molecule has 5 unspecified atom stereocenters. The number of hydrogen-bond donors (Lipinski definition) is 1. The number of carbonyl (C=O) groups excluding carboxylic acids is 1. The molecule has 2 saturated carbocycles. The molecule has 6 rings (SSSR count). The summed E-state index contributed by atoms with van der Waals surface area (Å²) in [4.78, 5) is 23.5. The predicted molar refractivity (Wildman–Crippen MR) is 128 cm³/mol. The van der Waals surface area contributed by atoms with Crippen LogP contribution in [-0.4, -0.2) is 39.0 Å². The number of fused-ring (bicyclic) bond motifs is 2. The molecule has 4 bridgehead atoms. The number of nitrogens with one attached hydrogen (secondary N) is 1. The minimum atomic E-state index is -0.254. The second-order valence-corrected chi connectivity index (χ2v) is 11.7. The summed E-state index contributed by atoms with van der Waals surface area (Å²) in [6, 6.07) is 3.10. The van der Waals surface area contributed by atoms with Crippen LogP contribution in [-0.2, 0) is 4.79 Å². The van der Waals surface area contributed by atoms with Gasteiger partial charge >= 0.3 is 0 Å². The van der Waals surface area contributed by atoms with E-state index in [1.54, 1.807) is 6.20 Å². The van der Waals surface area contributed by atoms with Crippen molar-refractivity contribution in [1.82, 2.24) is 14.9 Å². The molecule has 2 aliphatic heterocycles. The molecular weight excluding hydrogens is 436 g/mol. The number of ether oxygens (including phenoxy) is 1. The lowest BCUT2D eigenvalue weighted by molar-refractivity contribution is -0.144. The topological polar surface area (TPSA) is 82.0 Å². The zero-order valence-electron chi connectivity index (χ0n) is 19.9. The van der Waals surface area contributed by atoms with E-state index in [0.29, 0.717) is 22.8 Å². The predicted octanol–water partition coefficient (Wildman–Crippen LogP) is 5.96. The second-order valence-electron chi connectivity index (χ2n) is 11.3. The van der Waals surface area contributed by atoms with Gasteiger partial charge in [0.2, 0.25) is 5.91 Å². The van der Waals surface area contributed by atoms with Crippen LogP contribution in [0.3, 0.4) is 0 Å². The highest BCUT2D eigenvalue weighted by atomic mass is 35.5. The minimum Gasteiger partial charge on any atom is -0.488 e. The molecule has 0 spiro atoms. The van der Waals surface area contributed by atoms with Crippen LogP contribution in [0.2, 0.25) is 5.02 Å². The van der Waals surface area contributed by atoms with Gasteiger partial charge in [-0.3, -0.25) is 4.79 Å². The zero-order chi connectivity index (χ0) is 23.5. The fourth-order valence-corrected chi connectivity index (χ4v) is 7.35. The van der Waals surface area contributed by atoms with Gasteiger partial charge in [-0.25, -0.2) is 4.98 Å². The van der Waals surface area contributed by atoms with E-state index in [2.05, 4.69) is 34.8 Å². The molecule has 4 heterocycles. The monoisotopic (exact) mass is 468 g/mol. The summed E-state index contributed by atoms with van der Waals surface area (Å²) in [6.45, 7) is 8.32. The molecule has 2 aromatic rings. The van der Waals surface area contributed by atoms with Gasteiger partial charge < -0.3 is 14.6 Å². The first-order valence-electron chi connectivity index (χ1n) is 12.2. The number of H-pyrrole nitrogens is 1. The van der Waals surface area contributed by atoms with Crippen LogP contribution in [0.15, 0.2) is 12.4 Å². The van der Waals surface area contributed by atoms with Crippen molar-refractivity contribution in [2.75, 3.05) is 0 Å². The highest BCUT2D eigenvalue weighted by Crippen LogP contribution is 2.59. The van der Waals surface area contributed by atoms with E-state index in [4.69, 9.17) is 16.3 Å². The van der Waals surface area contributed by atoms with E-state index >= 15 is 0 Å². The van der Waals surface area contributed by atoms with Crippen molar-refractivity contribution in [2.24, 2.45) is 10.8 Å². The normalized spacial score (nSPS) is 31.6. The van der Waals surface area contributed by atoms with Gasteiger partial charge in [-0.1, -0.05) is 25.4 Å². The van der Waals surface area contributed by atoms with Gasteiger partial charge in [-0.05, 0) is 69.3 Å². The lowest BCUT2D eigenvalue weighted by Gasteiger charge is -2.54. The van der Waals surface area contributed by atoms with E-state index in [-0.39, 0.29) is 40.8 Å². The van der Waals surface area contributed by atoms with Crippen molar-refractivity contribution < 1.29 is 9.53 Å². The fourth-order valence-electron chi connectivity index (χ4n) is 7.06. The lowest BCUT2D eigenvalue weighted by atomic mass is 9.59. The second kappa shape index (κ2) is 7.91. The Balaban J connectivity index is 1.40. The number of nitrogens with zero attached hydrogens (tertiary/aromatic N) is 3. The summed E-state index contributed by atoms with van der Waals surface area (Å²) in [5, 5.41) is 11.4. The zero-order valence-corrected chi connectivity index (χ0v) is 20.7. The Kier molecular flexibility index (Phi) is 5.40. The quantitative estimate of drug-likeness (QED) is 0.586. The van der Waals surface area contributed by atoms with E-state index in [9.17, 15) is 10.1 Å². The molecule has 5 atom stereocenters. The molecule has 6 nitrogen and oxygen atoms in total. The molecule has 2 saturated heterocycles. The number of pyridine rings is 1. The summed E-state index contributed by atoms with van der Waals surface area (Å²) in [7, 11) is 0. The number of amides is 1. The maximum Gasteiger partial charge on any atom is 0.223 e. The molecule has 2 aliphatic carbocycles. The van der Waals surface area contributed by atoms with E-state index in [1.165, 1.54) is 0 Å². The van der Waals surface area contributed by atoms with Gasteiger partial charge in [-0.15, -0.1) is 0 Å². The number of carbonyl (C=O) groups is 1. The summed E-state index contributed by atoms with van der Waals surface area (Å²) >= 11 is 6.72. The van der Waals surface area contributed by atoms with Gasteiger partial charge in [0.25, 0.3) is 0 Å². The Hall–Kier alpha value is -2.26. The van der Waals surface area contributed by atoms with Gasteiger partial charge in [-0.2, -0.15) is 5.26 Å². The van der Waals surface area contributed by atoms with Crippen molar-refractivity contribution in [3.05, 3.63) is 23.0 Å². The SMILES string of the molecule is CC(C)Oc1cnc2[nH]cc(C(C)CC(=O)N3C4CCC5(C#N)CC3CC(C)(C4)C5)c2c1Cl. The van der Waals surface area contributed by atoms with Crippen molar-refractivity contribution in [3.63, 3.8) is 0 Å². The van der Waals surface area contributed by atoms with Crippen molar-refractivity contribution in [1.29, 1.82) is 5.26 Å². The Labute approximate surface area is 200 Å². The first-order chi connectivity index (χ1) is 15.6. The van der Waals surface area contributed by atoms with Gasteiger partial charge in [0.05, 0.1) is 28.8 Å². The third kappa shape index (κ3) is 3.79. The number of aromatic nitrogens is 2. The summed E-state index contributed by atoms with van der Waals surface area (Å²) in [5.74, 6) is 0.747. The van der Waals surface area contributed by atoms with E-state index < -0.39 is 0 Å². The third-order valence-corrected chi connectivity index (χ3v) is 8.50. The van der Waals surface area contributed by atoms with Gasteiger partial charge in [0.15, 0.2) is 5.75 Å². The Morgan fingerprint density at radius 3 is 2.85 bits per heavy atom. The molecule has 33 heavy (non-hydrogen) atoms. The van der Waals surface area contributed by atoms with Crippen molar-refractivity contribution in [3.8, 4) is 11.8 Å². The lowest BCUT2D eigenvalue weighted by Crippen LogP contribution is -2.57. The first-order valence-corrected chi connectivity index (χ1v) is 12.6. The molecule has 4 aliphatic rings. The molecular formula is C26H33ClN4O2. The van der Waals surface area contributed by atoms with Crippen LogP contribution in [0.4, 0.5) is 0 Å². The number of hydrogen-bond acceptors (Lipinski definition) is 4. The van der Waals surface area contributed by atoms with Gasteiger partial charge in [0.1, 0.15) is 5.65 Å². The number of nitriles is 1. The van der Waals surface area contributed by atoms with E-state index in [1.807, 2.05) is 20.0 Å². The minimum absolute atomic E-state index is 0.00429. The molecule has 0 aromatic carbocycles. The average Bonchev–Trinajstić information content (AvgIpc) is 3.09. The fraction of sp³-hybridized carbons (Fsp3) is 0.654. The van der Waals surface area contributed by atoms with Crippen LogP contribution >= 0.6 is 11.6 Å². The number of aromatic amines is 1. The smallest absolute Gasteiger partial charge is 0.223 e. The molecule has 4 fully saturated rings. The molecule has 2 aromatic heterocycles. The third-order valence-electron chi connectivity index (χ3n) is 8.13. The van der Waals surface area contributed by atoms with Gasteiger partial charge in [0, 0.05) is 30.1 Å². The molecule has 0 radical (unpaired) electrons. The standard InChI is InChI=1S/C26H33ClN4O2/c1-15(2)33-20-12-30-24-22(23(20)27)19(11-29-24)16(3)7-21(32)31-17-5-6-26(14-28)10-18(31)9-25(4,8-17)13-26/h11-12,15-18H,5-10,13H2,1-4H3,(H,29,30). The number of halogens is 1. The maximum absolute atomic E-state index is 13.7. The highest BCUT2D eigenvalue weighted by molar-refractivity contribution is 6.37. The summed E-state index contributed by atoms with van der Waals surface area (Å²) in [5.41, 5.74) is 1.63. The van der Waals surface area contributed by atoms with Crippen molar-refractivity contribution >= 4 is 28.5 Å². The summed E-state index contributed by atoms with van der Waals surface area (Å²) < 4.78 is 5.83. The van der Waals surface area contributed by atoms with Crippen LogP contribution in [0.25, 0.3) is 11.0 Å². The Morgan fingerprint density at radius 2 is 2.12 bits per heavy atom. The highest BCUT2D eigenvalue weighted by Gasteiger charge is 2.56. The van der Waals surface area contributed by atoms with Crippen LogP contribution in [0, 0.1) is 22.2 Å². The Bertz CT molecular complexity index is 1140. The summed E-state index contributed by atoms with van der Waals surface area (Å²) in [6.07, 6.45) is 9.70. The number of piperidine rings is 1. The average molecular weight is 469 g/mol. The maximum atomic E-state index is 13.7. The first kappa shape index (κ1) is 22.5. The molecule has 1 N–H and O–H groups in total. The Morgan fingerprint density at radius 1 is 1.36 bits per heavy atom. The van der Waals surface area contributed by atoms with Crippen molar-refractivity contribution in [2.45, 2.75) is 96.7 Å². The van der Waals surface area contributed by atoms with E-state index in [0.717, 1.165) is 49.5 Å². The number of rotatable bonds is 5. The molecule has 176 valence electrons. The van der Waals surface area contributed by atoms with Crippen LogP contribution in [0.5, 0.6) is 5.75 Å². The van der Waals surface area contributed by atoms with Crippen LogP contribution in [0.1, 0.15) is 84.1 Å². The molecule has 1 amide bonds. The van der Waals surface area contributed by atoms with Crippen LogP contribution < -0.4 is 4.74 Å².